The summed E-state index contributed by atoms with van der Waals surface area (Å²) in [5.41, 5.74) is 0.169. The molecule has 0 aliphatic carbocycles. The molecule has 2 N–H and O–H groups in total. The summed E-state index contributed by atoms with van der Waals surface area (Å²) in [6, 6.07) is 4.90. The molecule has 0 saturated carbocycles. The monoisotopic (exact) mass is 405 g/mol. The van der Waals surface area contributed by atoms with E-state index >= 15 is 0 Å². The van der Waals surface area contributed by atoms with Gasteiger partial charge >= 0.3 is 12.1 Å². The predicted octanol–water partition coefficient (Wildman–Crippen LogP) is 2.89. The van der Waals surface area contributed by atoms with Crippen LogP contribution in [0, 0.1) is 11.6 Å². The lowest BCUT2D eigenvalue weighted by atomic mass is 10.1. The van der Waals surface area contributed by atoms with E-state index in [0.29, 0.717) is 31.9 Å². The highest BCUT2D eigenvalue weighted by molar-refractivity contribution is 5.99. The number of halogens is 2. The Morgan fingerprint density at radius 3 is 2.55 bits per heavy atom. The first-order valence-electron chi connectivity index (χ1n) is 8.98. The minimum absolute atomic E-state index is 0.0203. The summed E-state index contributed by atoms with van der Waals surface area (Å²) in [4.78, 5) is 30.8. The Labute approximate surface area is 166 Å². The molecule has 0 spiro atoms. The first kappa shape index (κ1) is 20.5. The number of urea groups is 1. The molecule has 2 aromatic rings. The Hall–Kier alpha value is -3.27. The van der Waals surface area contributed by atoms with Crippen LogP contribution in [-0.4, -0.2) is 60.2 Å². The van der Waals surface area contributed by atoms with E-state index in [9.17, 15) is 18.4 Å². The van der Waals surface area contributed by atoms with Gasteiger partial charge in [0.2, 0.25) is 0 Å². The van der Waals surface area contributed by atoms with Gasteiger partial charge in [-0.3, -0.25) is 9.88 Å². The number of carbonyl (C=O) groups is 2. The molecule has 0 unspecified atom stereocenters. The molecule has 0 bridgehead atoms. The molecule has 0 atom stereocenters. The summed E-state index contributed by atoms with van der Waals surface area (Å²) < 4.78 is 33.8. The van der Waals surface area contributed by atoms with Crippen molar-refractivity contribution in [1.29, 1.82) is 0 Å². The van der Waals surface area contributed by atoms with E-state index in [1.807, 2.05) is 4.90 Å². The Kier molecular flexibility index (Phi) is 6.55. The lowest BCUT2D eigenvalue weighted by molar-refractivity contribution is 0.0881. The number of nitrogens with one attached hydrogen (secondary N) is 2. The van der Waals surface area contributed by atoms with E-state index in [1.165, 1.54) is 24.3 Å². The number of amides is 3. The summed E-state index contributed by atoms with van der Waals surface area (Å²) in [7, 11) is 1.31. The quantitative estimate of drug-likeness (QED) is 0.817. The van der Waals surface area contributed by atoms with Crippen LogP contribution in [0.4, 0.5) is 29.7 Å². The lowest BCUT2D eigenvalue weighted by Gasteiger charge is -2.33. The zero-order chi connectivity index (χ0) is 20.8. The number of carbonyl (C=O) groups excluding carboxylic acids is 2. The molecule has 0 radical (unpaired) electrons. The Balaban J connectivity index is 1.64. The van der Waals surface area contributed by atoms with E-state index < -0.39 is 23.8 Å². The van der Waals surface area contributed by atoms with Crippen LogP contribution < -0.4 is 10.6 Å². The van der Waals surface area contributed by atoms with E-state index in [-0.39, 0.29) is 17.8 Å². The minimum Gasteiger partial charge on any atom is -0.453 e. The van der Waals surface area contributed by atoms with Gasteiger partial charge in [-0.1, -0.05) is 0 Å². The molecule has 1 aliphatic rings. The standard InChI is InChI=1S/C19H21F2N5O3/c1-29-19(28)26-9-7-25(8-10-26)12-14-15(20)4-5-16(17(14)21)24-18(27)23-13-3-2-6-22-11-13/h2-6,11H,7-10,12H2,1H3,(H2,23,24,27). The Morgan fingerprint density at radius 2 is 1.90 bits per heavy atom. The van der Waals surface area contributed by atoms with E-state index in [1.54, 1.807) is 18.3 Å². The molecule has 1 aromatic heterocycles. The highest BCUT2D eigenvalue weighted by atomic mass is 19.1. The maximum Gasteiger partial charge on any atom is 0.409 e. The maximum atomic E-state index is 14.8. The number of nitrogens with zero attached hydrogens (tertiary/aromatic N) is 3. The SMILES string of the molecule is COC(=O)N1CCN(Cc2c(F)ccc(NC(=O)Nc3cccnc3)c2F)CC1. The third kappa shape index (κ3) is 5.17. The second kappa shape index (κ2) is 9.28. The zero-order valence-electron chi connectivity index (χ0n) is 15.8. The largest absolute Gasteiger partial charge is 0.453 e. The van der Waals surface area contributed by atoms with E-state index in [0.717, 1.165) is 6.07 Å². The molecule has 10 heteroatoms. The van der Waals surface area contributed by atoms with Gasteiger partial charge in [-0.25, -0.2) is 18.4 Å². The molecular formula is C19H21F2N5O3. The number of piperazine rings is 1. The number of ether oxygens (including phenoxy) is 1. The van der Waals surface area contributed by atoms with Gasteiger partial charge in [-0.2, -0.15) is 0 Å². The van der Waals surface area contributed by atoms with Crippen molar-refractivity contribution in [3.05, 3.63) is 53.9 Å². The predicted molar refractivity (Wildman–Crippen MR) is 102 cm³/mol. The summed E-state index contributed by atoms with van der Waals surface area (Å²) in [6.07, 6.45) is 2.58. The number of hydrogen-bond donors (Lipinski definition) is 2. The number of anilines is 2. The average Bonchev–Trinajstić information content (AvgIpc) is 2.74. The second-order valence-corrected chi connectivity index (χ2v) is 6.44. The summed E-state index contributed by atoms with van der Waals surface area (Å²) in [6.45, 7) is 1.73. The Bertz CT molecular complexity index is 874. The molecule has 2 heterocycles. The fourth-order valence-electron chi connectivity index (χ4n) is 3.00. The van der Waals surface area contributed by atoms with Crippen molar-refractivity contribution >= 4 is 23.5 Å². The van der Waals surface area contributed by atoms with Crippen LogP contribution in [0.25, 0.3) is 0 Å². The molecule has 1 aliphatic heterocycles. The van der Waals surface area contributed by atoms with Crippen molar-refractivity contribution in [2.45, 2.75) is 6.54 Å². The van der Waals surface area contributed by atoms with Gasteiger partial charge in [0.1, 0.15) is 5.82 Å². The molecule has 29 heavy (non-hydrogen) atoms. The second-order valence-electron chi connectivity index (χ2n) is 6.44. The van der Waals surface area contributed by atoms with Crippen LogP contribution in [0.15, 0.2) is 36.7 Å². The number of pyridine rings is 1. The number of rotatable bonds is 4. The lowest BCUT2D eigenvalue weighted by Crippen LogP contribution is -2.48. The molecule has 1 aromatic carbocycles. The highest BCUT2D eigenvalue weighted by Crippen LogP contribution is 2.23. The van der Waals surface area contributed by atoms with Crippen LogP contribution >= 0.6 is 0 Å². The van der Waals surface area contributed by atoms with Gasteiger partial charge < -0.3 is 20.3 Å². The topological polar surface area (TPSA) is 86.8 Å². The third-order valence-corrected chi connectivity index (χ3v) is 4.54. The molecule has 8 nitrogen and oxygen atoms in total. The number of methoxy groups -OCH3 is 1. The van der Waals surface area contributed by atoms with Crippen LogP contribution in [-0.2, 0) is 11.3 Å². The fourth-order valence-corrected chi connectivity index (χ4v) is 3.00. The van der Waals surface area contributed by atoms with Crippen molar-refractivity contribution in [3.63, 3.8) is 0 Å². The van der Waals surface area contributed by atoms with Gasteiger partial charge in [-0.05, 0) is 24.3 Å². The van der Waals surface area contributed by atoms with Crippen LogP contribution in [0.1, 0.15) is 5.56 Å². The normalized spacial score (nSPS) is 14.4. The number of hydrogen-bond acceptors (Lipinski definition) is 5. The summed E-state index contributed by atoms with van der Waals surface area (Å²) >= 11 is 0. The van der Waals surface area contributed by atoms with Crippen LogP contribution in [0.5, 0.6) is 0 Å². The third-order valence-electron chi connectivity index (χ3n) is 4.54. The Morgan fingerprint density at radius 1 is 1.14 bits per heavy atom. The first-order chi connectivity index (χ1) is 14.0. The fraction of sp³-hybridized carbons (Fsp3) is 0.316. The highest BCUT2D eigenvalue weighted by Gasteiger charge is 2.24. The van der Waals surface area contributed by atoms with Crippen molar-refractivity contribution in [3.8, 4) is 0 Å². The van der Waals surface area contributed by atoms with Gasteiger partial charge in [0.15, 0.2) is 5.82 Å². The average molecular weight is 405 g/mol. The first-order valence-corrected chi connectivity index (χ1v) is 8.98. The molecular weight excluding hydrogens is 384 g/mol. The van der Waals surface area contributed by atoms with Gasteiger partial charge in [0, 0.05) is 44.5 Å². The van der Waals surface area contributed by atoms with Crippen LogP contribution in [0.3, 0.4) is 0 Å². The van der Waals surface area contributed by atoms with Crippen molar-refractivity contribution in [2.75, 3.05) is 43.9 Å². The number of aromatic nitrogens is 1. The molecule has 3 amide bonds. The molecule has 1 saturated heterocycles. The molecule has 3 rings (SSSR count). The minimum atomic E-state index is -0.832. The maximum absolute atomic E-state index is 14.8. The number of benzene rings is 1. The van der Waals surface area contributed by atoms with Gasteiger partial charge in [-0.15, -0.1) is 0 Å². The smallest absolute Gasteiger partial charge is 0.409 e. The summed E-state index contributed by atoms with van der Waals surface area (Å²) in [5.74, 6) is -1.53. The van der Waals surface area contributed by atoms with Crippen LogP contribution in [0.2, 0.25) is 0 Å². The van der Waals surface area contributed by atoms with Gasteiger partial charge in [0.05, 0.1) is 24.7 Å². The summed E-state index contributed by atoms with van der Waals surface area (Å²) in [5, 5.41) is 4.91. The van der Waals surface area contributed by atoms with Gasteiger partial charge in [0.25, 0.3) is 0 Å². The molecule has 154 valence electrons. The van der Waals surface area contributed by atoms with Crippen molar-refractivity contribution < 1.29 is 23.1 Å². The van der Waals surface area contributed by atoms with Crippen molar-refractivity contribution in [1.82, 2.24) is 14.8 Å². The van der Waals surface area contributed by atoms with E-state index in [4.69, 9.17) is 0 Å². The van der Waals surface area contributed by atoms with E-state index in [2.05, 4.69) is 20.4 Å². The zero-order valence-corrected chi connectivity index (χ0v) is 15.8. The molecule has 1 fully saturated rings. The van der Waals surface area contributed by atoms with Crippen molar-refractivity contribution in [2.24, 2.45) is 0 Å².